The van der Waals surface area contributed by atoms with Gasteiger partial charge in [0.1, 0.15) is 5.82 Å². The fourth-order valence-corrected chi connectivity index (χ4v) is 1.55. The fraction of sp³-hybridized carbons (Fsp3) is 0.417. The Morgan fingerprint density at radius 2 is 2.29 bits per heavy atom. The van der Waals surface area contributed by atoms with Crippen LogP contribution in [0.15, 0.2) is 18.2 Å². The van der Waals surface area contributed by atoms with E-state index in [0.717, 1.165) is 0 Å². The minimum Gasteiger partial charge on any atom is -0.394 e. The van der Waals surface area contributed by atoms with Gasteiger partial charge in [-0.05, 0) is 24.1 Å². The lowest BCUT2D eigenvalue weighted by molar-refractivity contribution is -0.121. The molecule has 0 bridgehead atoms. The predicted octanol–water partition coefficient (Wildman–Crippen LogP) is 1.91. The molecule has 0 spiro atoms. The number of aliphatic hydroxyl groups is 1. The number of halogens is 2. The van der Waals surface area contributed by atoms with Crippen LogP contribution in [0, 0.1) is 5.82 Å². The molecule has 0 fully saturated rings. The third-order valence-electron chi connectivity index (χ3n) is 2.44. The smallest absolute Gasteiger partial charge is 0.224 e. The van der Waals surface area contributed by atoms with Gasteiger partial charge in [-0.3, -0.25) is 4.79 Å². The van der Waals surface area contributed by atoms with E-state index in [4.69, 9.17) is 16.7 Å². The van der Waals surface area contributed by atoms with Crippen molar-refractivity contribution >= 4 is 17.5 Å². The Bertz CT molecular complexity index is 394. The molecule has 0 saturated carbocycles. The van der Waals surface area contributed by atoms with E-state index in [1.807, 2.05) is 6.92 Å². The van der Waals surface area contributed by atoms with Gasteiger partial charge in [0.2, 0.25) is 5.91 Å². The van der Waals surface area contributed by atoms with Crippen molar-refractivity contribution in [1.29, 1.82) is 0 Å². The van der Waals surface area contributed by atoms with Crippen LogP contribution in [-0.4, -0.2) is 23.7 Å². The van der Waals surface area contributed by atoms with Crippen LogP contribution < -0.4 is 5.32 Å². The van der Waals surface area contributed by atoms with Crippen molar-refractivity contribution in [1.82, 2.24) is 5.32 Å². The molecular formula is C12H15ClFNO2. The van der Waals surface area contributed by atoms with Crippen LogP contribution in [0.1, 0.15) is 18.9 Å². The Hall–Kier alpha value is -1.13. The van der Waals surface area contributed by atoms with Crippen LogP contribution in [0.5, 0.6) is 0 Å². The van der Waals surface area contributed by atoms with E-state index in [0.29, 0.717) is 17.0 Å². The van der Waals surface area contributed by atoms with E-state index in [1.165, 1.54) is 18.2 Å². The number of carbonyl (C=O) groups is 1. The molecular weight excluding hydrogens is 245 g/mol. The molecule has 1 rings (SSSR count). The van der Waals surface area contributed by atoms with Crippen molar-refractivity contribution in [2.45, 2.75) is 25.8 Å². The van der Waals surface area contributed by atoms with Gasteiger partial charge in [-0.15, -0.1) is 0 Å². The summed E-state index contributed by atoms with van der Waals surface area (Å²) in [6, 6.07) is 3.92. The molecule has 0 saturated heterocycles. The average Bonchev–Trinajstić information content (AvgIpc) is 2.29. The largest absolute Gasteiger partial charge is 0.394 e. The second-order valence-corrected chi connectivity index (χ2v) is 4.20. The van der Waals surface area contributed by atoms with Crippen LogP contribution >= 0.6 is 11.6 Å². The van der Waals surface area contributed by atoms with Crippen molar-refractivity contribution in [3.05, 3.63) is 34.6 Å². The highest BCUT2D eigenvalue weighted by Gasteiger charge is 2.12. The highest BCUT2D eigenvalue weighted by Crippen LogP contribution is 2.15. The molecule has 0 aromatic heterocycles. The number of amides is 1. The first kappa shape index (κ1) is 13.9. The van der Waals surface area contributed by atoms with Gasteiger partial charge in [0, 0.05) is 5.02 Å². The maximum atomic E-state index is 13.4. The van der Waals surface area contributed by atoms with Crippen LogP contribution in [0.25, 0.3) is 0 Å². The highest BCUT2D eigenvalue weighted by molar-refractivity contribution is 6.30. The standard InChI is InChI=1S/C12H15ClFNO2/c1-2-10(7-16)15-12(17)5-8-3-4-9(13)6-11(8)14/h3-4,6,10,16H,2,5,7H2,1H3,(H,15,17). The molecule has 0 heterocycles. The monoisotopic (exact) mass is 259 g/mol. The summed E-state index contributed by atoms with van der Waals surface area (Å²) in [6.07, 6.45) is 0.574. The van der Waals surface area contributed by atoms with Crippen LogP contribution in [0.4, 0.5) is 4.39 Å². The number of benzene rings is 1. The van der Waals surface area contributed by atoms with E-state index in [-0.39, 0.29) is 25.0 Å². The zero-order valence-corrected chi connectivity index (χ0v) is 10.3. The van der Waals surface area contributed by atoms with Crippen LogP contribution in [0.2, 0.25) is 5.02 Å². The molecule has 0 aliphatic heterocycles. The van der Waals surface area contributed by atoms with E-state index < -0.39 is 5.82 Å². The third kappa shape index (κ3) is 4.32. The summed E-state index contributed by atoms with van der Waals surface area (Å²) in [6.45, 7) is 1.73. The molecule has 1 aromatic carbocycles. The maximum Gasteiger partial charge on any atom is 0.224 e. The second kappa shape index (κ2) is 6.57. The number of nitrogens with one attached hydrogen (secondary N) is 1. The van der Waals surface area contributed by atoms with Gasteiger partial charge in [0.05, 0.1) is 19.1 Å². The first-order valence-corrected chi connectivity index (χ1v) is 5.78. The maximum absolute atomic E-state index is 13.4. The molecule has 0 aliphatic carbocycles. The highest BCUT2D eigenvalue weighted by atomic mass is 35.5. The van der Waals surface area contributed by atoms with Gasteiger partial charge in [0.15, 0.2) is 0 Å². The molecule has 1 amide bonds. The normalized spacial score (nSPS) is 12.2. The van der Waals surface area contributed by atoms with Gasteiger partial charge in [-0.25, -0.2) is 4.39 Å². The molecule has 0 radical (unpaired) electrons. The van der Waals surface area contributed by atoms with Gasteiger partial charge < -0.3 is 10.4 Å². The zero-order chi connectivity index (χ0) is 12.8. The molecule has 1 aromatic rings. The minimum atomic E-state index is -0.496. The number of hydrogen-bond donors (Lipinski definition) is 2. The topological polar surface area (TPSA) is 49.3 Å². The first-order valence-electron chi connectivity index (χ1n) is 5.41. The molecule has 94 valence electrons. The zero-order valence-electron chi connectivity index (χ0n) is 9.54. The molecule has 1 unspecified atom stereocenters. The van der Waals surface area contributed by atoms with Crippen LogP contribution in [0.3, 0.4) is 0 Å². The summed E-state index contributed by atoms with van der Waals surface area (Å²) in [7, 11) is 0. The third-order valence-corrected chi connectivity index (χ3v) is 2.68. The Morgan fingerprint density at radius 1 is 1.59 bits per heavy atom. The van der Waals surface area contributed by atoms with Crippen molar-refractivity contribution in [3.63, 3.8) is 0 Å². The van der Waals surface area contributed by atoms with Gasteiger partial charge in [-0.1, -0.05) is 24.6 Å². The molecule has 17 heavy (non-hydrogen) atoms. The van der Waals surface area contributed by atoms with Gasteiger partial charge in [-0.2, -0.15) is 0 Å². The molecule has 0 aliphatic rings. The van der Waals surface area contributed by atoms with Crippen molar-refractivity contribution < 1.29 is 14.3 Å². The summed E-state index contributed by atoms with van der Waals surface area (Å²) < 4.78 is 13.4. The quantitative estimate of drug-likeness (QED) is 0.849. The minimum absolute atomic E-state index is 0.0560. The van der Waals surface area contributed by atoms with Gasteiger partial charge >= 0.3 is 0 Å². The van der Waals surface area contributed by atoms with E-state index in [9.17, 15) is 9.18 Å². The summed E-state index contributed by atoms with van der Waals surface area (Å²) >= 11 is 5.61. The summed E-state index contributed by atoms with van der Waals surface area (Å²) in [4.78, 5) is 11.6. The predicted molar refractivity (Wildman–Crippen MR) is 64.4 cm³/mol. The molecule has 5 heteroatoms. The summed E-state index contributed by atoms with van der Waals surface area (Å²) in [5, 5.41) is 11.8. The second-order valence-electron chi connectivity index (χ2n) is 3.77. The van der Waals surface area contributed by atoms with Crippen molar-refractivity contribution in [3.8, 4) is 0 Å². The summed E-state index contributed by atoms with van der Waals surface area (Å²) in [5.41, 5.74) is 0.291. The van der Waals surface area contributed by atoms with Crippen molar-refractivity contribution in [2.24, 2.45) is 0 Å². The Balaban J connectivity index is 2.62. The van der Waals surface area contributed by atoms with E-state index >= 15 is 0 Å². The van der Waals surface area contributed by atoms with Gasteiger partial charge in [0.25, 0.3) is 0 Å². The Kier molecular flexibility index (Phi) is 5.38. The first-order chi connectivity index (χ1) is 8.06. The lowest BCUT2D eigenvalue weighted by atomic mass is 10.1. The summed E-state index contributed by atoms with van der Waals surface area (Å²) in [5.74, 6) is -0.809. The SMILES string of the molecule is CCC(CO)NC(=O)Cc1ccc(Cl)cc1F. The van der Waals surface area contributed by atoms with E-state index in [1.54, 1.807) is 0 Å². The van der Waals surface area contributed by atoms with Crippen LogP contribution in [-0.2, 0) is 11.2 Å². The molecule has 2 N–H and O–H groups in total. The number of hydrogen-bond acceptors (Lipinski definition) is 2. The lowest BCUT2D eigenvalue weighted by Crippen LogP contribution is -2.37. The molecule has 1 atom stereocenters. The van der Waals surface area contributed by atoms with Crippen molar-refractivity contribution in [2.75, 3.05) is 6.61 Å². The Labute approximate surface area is 105 Å². The number of rotatable bonds is 5. The van der Waals surface area contributed by atoms with E-state index in [2.05, 4.69) is 5.32 Å². The fourth-order valence-electron chi connectivity index (χ4n) is 1.39. The average molecular weight is 260 g/mol. The lowest BCUT2D eigenvalue weighted by Gasteiger charge is -2.14. The number of aliphatic hydroxyl groups excluding tert-OH is 1. The Morgan fingerprint density at radius 3 is 2.82 bits per heavy atom. The molecule has 3 nitrogen and oxygen atoms in total. The number of carbonyl (C=O) groups excluding carboxylic acids is 1.